The molecule has 0 aliphatic heterocycles. The highest BCUT2D eigenvalue weighted by Crippen LogP contribution is 2.09. The molecule has 1 aromatic heterocycles. The first-order valence-corrected chi connectivity index (χ1v) is 5.60. The maximum absolute atomic E-state index is 6.09. The molecule has 1 heterocycles. The lowest BCUT2D eigenvalue weighted by Gasteiger charge is -2.24. The summed E-state index contributed by atoms with van der Waals surface area (Å²) in [6.07, 6.45) is 2.84. The van der Waals surface area contributed by atoms with E-state index < -0.39 is 0 Å². The second kappa shape index (κ2) is 5.93. The molecule has 2 N–H and O–H groups in total. The predicted molar refractivity (Wildman–Crippen MR) is 62.5 cm³/mol. The fourth-order valence-corrected chi connectivity index (χ4v) is 1.58. The van der Waals surface area contributed by atoms with Gasteiger partial charge < -0.3 is 10.2 Å². The summed E-state index contributed by atoms with van der Waals surface area (Å²) in [5.41, 5.74) is 6.09. The minimum Gasteiger partial charge on any atom is -0.468 e. The van der Waals surface area contributed by atoms with E-state index in [-0.39, 0.29) is 6.04 Å². The Bertz CT molecular complexity index is 259. The van der Waals surface area contributed by atoms with Crippen molar-refractivity contribution in [3.63, 3.8) is 0 Å². The van der Waals surface area contributed by atoms with Crippen LogP contribution in [0.1, 0.15) is 26.0 Å². The van der Waals surface area contributed by atoms with Crippen LogP contribution in [0, 0.1) is 5.92 Å². The van der Waals surface area contributed by atoms with E-state index in [0.717, 1.165) is 25.3 Å². The van der Waals surface area contributed by atoms with Crippen molar-refractivity contribution in [2.24, 2.45) is 11.7 Å². The molecule has 0 saturated carbocycles. The highest BCUT2D eigenvalue weighted by molar-refractivity contribution is 4.97. The second-order valence-electron chi connectivity index (χ2n) is 4.33. The van der Waals surface area contributed by atoms with Gasteiger partial charge in [0.1, 0.15) is 5.76 Å². The standard InChI is InChI=1S/C12H22N2O/c1-4-10(2)12(13)9-14(3)8-11-6-5-7-15-11/h5-7,10,12H,4,8-9,13H2,1-3H3. The molecule has 2 atom stereocenters. The summed E-state index contributed by atoms with van der Waals surface area (Å²) in [6, 6.07) is 4.15. The Morgan fingerprint density at radius 1 is 1.53 bits per heavy atom. The quantitative estimate of drug-likeness (QED) is 0.781. The van der Waals surface area contributed by atoms with Gasteiger partial charge >= 0.3 is 0 Å². The van der Waals surface area contributed by atoms with Gasteiger partial charge in [0, 0.05) is 12.6 Å². The Balaban J connectivity index is 2.32. The summed E-state index contributed by atoms with van der Waals surface area (Å²) in [5, 5.41) is 0. The molecule has 1 rings (SSSR count). The molecule has 0 fully saturated rings. The van der Waals surface area contributed by atoms with Crippen LogP contribution in [0.25, 0.3) is 0 Å². The number of likely N-dealkylation sites (N-methyl/N-ethyl adjacent to an activating group) is 1. The number of nitrogens with two attached hydrogens (primary N) is 1. The third-order valence-electron chi connectivity index (χ3n) is 2.90. The summed E-state index contributed by atoms with van der Waals surface area (Å²) >= 11 is 0. The van der Waals surface area contributed by atoms with Gasteiger partial charge in [-0.05, 0) is 25.1 Å². The van der Waals surface area contributed by atoms with Crippen molar-refractivity contribution in [3.05, 3.63) is 24.2 Å². The van der Waals surface area contributed by atoms with Gasteiger partial charge in [-0.3, -0.25) is 4.90 Å². The molecule has 15 heavy (non-hydrogen) atoms. The Kier molecular flexibility index (Phi) is 4.85. The van der Waals surface area contributed by atoms with Crippen LogP contribution in [0.2, 0.25) is 0 Å². The number of furan rings is 1. The van der Waals surface area contributed by atoms with E-state index in [1.54, 1.807) is 6.26 Å². The van der Waals surface area contributed by atoms with Gasteiger partial charge in [-0.25, -0.2) is 0 Å². The largest absolute Gasteiger partial charge is 0.468 e. The molecular formula is C12H22N2O. The van der Waals surface area contributed by atoms with Crippen molar-refractivity contribution >= 4 is 0 Å². The molecule has 86 valence electrons. The van der Waals surface area contributed by atoms with Gasteiger partial charge in [-0.15, -0.1) is 0 Å². The molecule has 0 amide bonds. The van der Waals surface area contributed by atoms with Gasteiger partial charge in [-0.1, -0.05) is 20.3 Å². The Morgan fingerprint density at radius 2 is 2.27 bits per heavy atom. The molecular weight excluding hydrogens is 188 g/mol. The summed E-state index contributed by atoms with van der Waals surface area (Å²) in [6.45, 7) is 6.12. The summed E-state index contributed by atoms with van der Waals surface area (Å²) in [5.74, 6) is 1.57. The zero-order valence-electron chi connectivity index (χ0n) is 9.94. The zero-order chi connectivity index (χ0) is 11.3. The van der Waals surface area contributed by atoms with E-state index in [1.807, 2.05) is 12.1 Å². The van der Waals surface area contributed by atoms with Gasteiger partial charge in [0.05, 0.1) is 12.8 Å². The highest BCUT2D eigenvalue weighted by Gasteiger charge is 2.13. The lowest BCUT2D eigenvalue weighted by molar-refractivity contribution is 0.250. The monoisotopic (exact) mass is 210 g/mol. The van der Waals surface area contributed by atoms with Crippen molar-refractivity contribution in [1.29, 1.82) is 0 Å². The molecule has 0 radical (unpaired) electrons. The third-order valence-corrected chi connectivity index (χ3v) is 2.90. The summed E-state index contributed by atoms with van der Waals surface area (Å²) < 4.78 is 5.29. The predicted octanol–water partition coefficient (Wildman–Crippen LogP) is 2.08. The van der Waals surface area contributed by atoms with Gasteiger partial charge in [0.15, 0.2) is 0 Å². The highest BCUT2D eigenvalue weighted by atomic mass is 16.3. The number of hydrogen-bond donors (Lipinski definition) is 1. The van der Waals surface area contributed by atoms with E-state index in [9.17, 15) is 0 Å². The van der Waals surface area contributed by atoms with E-state index in [2.05, 4.69) is 25.8 Å². The summed E-state index contributed by atoms with van der Waals surface area (Å²) in [4.78, 5) is 2.20. The van der Waals surface area contributed by atoms with Crippen LogP contribution in [0.3, 0.4) is 0 Å². The fourth-order valence-electron chi connectivity index (χ4n) is 1.58. The van der Waals surface area contributed by atoms with Crippen molar-refractivity contribution in [3.8, 4) is 0 Å². The molecule has 2 unspecified atom stereocenters. The molecule has 3 nitrogen and oxygen atoms in total. The Labute approximate surface area is 92.2 Å². The molecule has 3 heteroatoms. The number of rotatable bonds is 6. The van der Waals surface area contributed by atoms with Gasteiger partial charge in [-0.2, -0.15) is 0 Å². The first kappa shape index (κ1) is 12.3. The van der Waals surface area contributed by atoms with E-state index >= 15 is 0 Å². The van der Waals surface area contributed by atoms with Crippen LogP contribution in [-0.2, 0) is 6.54 Å². The molecule has 0 aromatic carbocycles. The van der Waals surface area contributed by atoms with Gasteiger partial charge in [0.25, 0.3) is 0 Å². The molecule has 0 saturated heterocycles. The minimum atomic E-state index is 0.245. The van der Waals surface area contributed by atoms with E-state index in [1.165, 1.54) is 0 Å². The maximum Gasteiger partial charge on any atom is 0.117 e. The van der Waals surface area contributed by atoms with Crippen molar-refractivity contribution in [2.45, 2.75) is 32.9 Å². The normalized spacial score (nSPS) is 15.5. The maximum atomic E-state index is 6.09. The van der Waals surface area contributed by atoms with Crippen molar-refractivity contribution in [2.75, 3.05) is 13.6 Å². The van der Waals surface area contributed by atoms with E-state index in [0.29, 0.717) is 5.92 Å². The molecule has 0 spiro atoms. The average molecular weight is 210 g/mol. The first-order valence-electron chi connectivity index (χ1n) is 5.60. The zero-order valence-corrected chi connectivity index (χ0v) is 9.94. The van der Waals surface area contributed by atoms with Crippen LogP contribution in [0.4, 0.5) is 0 Å². The first-order chi connectivity index (χ1) is 7.13. The van der Waals surface area contributed by atoms with Crippen LogP contribution < -0.4 is 5.73 Å². The SMILES string of the molecule is CCC(C)C(N)CN(C)Cc1ccco1. The van der Waals surface area contributed by atoms with Crippen LogP contribution in [-0.4, -0.2) is 24.5 Å². The van der Waals surface area contributed by atoms with E-state index in [4.69, 9.17) is 10.2 Å². The fraction of sp³-hybridized carbons (Fsp3) is 0.667. The second-order valence-corrected chi connectivity index (χ2v) is 4.33. The molecule has 1 aromatic rings. The molecule has 0 aliphatic rings. The van der Waals surface area contributed by atoms with Crippen LogP contribution in [0.15, 0.2) is 22.8 Å². The topological polar surface area (TPSA) is 42.4 Å². The molecule has 0 aliphatic carbocycles. The smallest absolute Gasteiger partial charge is 0.117 e. The van der Waals surface area contributed by atoms with Gasteiger partial charge in [0.2, 0.25) is 0 Å². The average Bonchev–Trinajstić information content (AvgIpc) is 2.68. The Morgan fingerprint density at radius 3 is 2.80 bits per heavy atom. The Hall–Kier alpha value is -0.800. The molecule has 0 bridgehead atoms. The van der Waals surface area contributed by atoms with Crippen molar-refractivity contribution < 1.29 is 4.42 Å². The lowest BCUT2D eigenvalue weighted by Crippen LogP contribution is -2.39. The number of hydrogen-bond acceptors (Lipinski definition) is 3. The lowest BCUT2D eigenvalue weighted by atomic mass is 10.00. The van der Waals surface area contributed by atoms with Crippen LogP contribution >= 0.6 is 0 Å². The number of nitrogens with zero attached hydrogens (tertiary/aromatic N) is 1. The third kappa shape index (κ3) is 4.06. The minimum absolute atomic E-state index is 0.245. The summed E-state index contributed by atoms with van der Waals surface area (Å²) in [7, 11) is 2.07. The van der Waals surface area contributed by atoms with Crippen LogP contribution in [0.5, 0.6) is 0 Å². The van der Waals surface area contributed by atoms with Crippen molar-refractivity contribution in [1.82, 2.24) is 4.90 Å².